The van der Waals surface area contributed by atoms with Gasteiger partial charge in [-0.3, -0.25) is 0 Å². The molecule has 1 aromatic carbocycles. The van der Waals surface area contributed by atoms with E-state index in [0.717, 1.165) is 6.42 Å². The number of benzene rings is 1. The molecule has 4 heteroatoms. The molecular weight excluding hydrogens is 320 g/mol. The normalized spacial score (nSPS) is 33.7. The van der Waals surface area contributed by atoms with Crippen LogP contribution >= 0.6 is 15.9 Å². The summed E-state index contributed by atoms with van der Waals surface area (Å²) in [6.07, 6.45) is 0.893. The van der Waals surface area contributed by atoms with Gasteiger partial charge >= 0.3 is 5.97 Å². The van der Waals surface area contributed by atoms with E-state index in [0.29, 0.717) is 5.56 Å². The Hall–Kier alpha value is -0.870. The van der Waals surface area contributed by atoms with Crippen LogP contribution in [0.1, 0.15) is 37.6 Å². The summed E-state index contributed by atoms with van der Waals surface area (Å²) in [5.74, 6) is 0.0580. The average molecular weight is 341 g/mol. The van der Waals surface area contributed by atoms with Crippen molar-refractivity contribution in [3.8, 4) is 0 Å². The number of hydrogen-bond donors (Lipinski definition) is 0. The van der Waals surface area contributed by atoms with Crippen LogP contribution < -0.4 is 0 Å². The quantitative estimate of drug-likeness (QED) is 0.615. The number of carbonyl (C=O) groups is 1. The van der Waals surface area contributed by atoms with Gasteiger partial charge in [0.15, 0.2) is 0 Å². The molecule has 0 amide bonds. The van der Waals surface area contributed by atoms with E-state index in [9.17, 15) is 4.79 Å². The first-order chi connectivity index (χ1) is 9.54. The molecule has 1 saturated heterocycles. The molecule has 5 atom stereocenters. The van der Waals surface area contributed by atoms with Gasteiger partial charge in [-0.05, 0) is 18.6 Å². The van der Waals surface area contributed by atoms with Gasteiger partial charge in [0, 0.05) is 11.8 Å². The molecule has 0 bridgehead atoms. The number of esters is 1. The molecule has 0 aliphatic carbocycles. The molecule has 0 saturated carbocycles. The lowest BCUT2D eigenvalue weighted by atomic mass is 9.85. The summed E-state index contributed by atoms with van der Waals surface area (Å²) in [4.78, 5) is 12.2. The first-order valence-corrected chi connectivity index (χ1v) is 8.01. The SMILES string of the molecule is CC[C@H]1O[C@H](Br)[C@H](C)[C@@H](OC(=O)c2ccccc2)[C@@H]1C. The Morgan fingerprint density at radius 2 is 1.90 bits per heavy atom. The molecule has 0 aromatic heterocycles. The van der Waals surface area contributed by atoms with E-state index in [-0.39, 0.29) is 35.0 Å². The summed E-state index contributed by atoms with van der Waals surface area (Å²) in [7, 11) is 0. The number of ether oxygens (including phenoxy) is 2. The van der Waals surface area contributed by atoms with Crippen molar-refractivity contribution in [3.63, 3.8) is 0 Å². The highest BCUT2D eigenvalue weighted by Crippen LogP contribution is 2.36. The van der Waals surface area contributed by atoms with E-state index >= 15 is 0 Å². The van der Waals surface area contributed by atoms with Gasteiger partial charge in [-0.2, -0.15) is 0 Å². The first kappa shape index (κ1) is 15.5. The van der Waals surface area contributed by atoms with Gasteiger partial charge in [0.25, 0.3) is 0 Å². The second-order valence-corrected chi connectivity index (χ2v) is 6.29. The molecule has 1 aliphatic heterocycles. The monoisotopic (exact) mass is 340 g/mol. The predicted octanol–water partition coefficient (Wildman–Crippen LogP) is 4.01. The molecule has 0 spiro atoms. The lowest BCUT2D eigenvalue weighted by Crippen LogP contribution is -2.48. The number of halogens is 1. The summed E-state index contributed by atoms with van der Waals surface area (Å²) >= 11 is 3.54. The van der Waals surface area contributed by atoms with Gasteiger partial charge in [-0.1, -0.05) is 54.9 Å². The summed E-state index contributed by atoms with van der Waals surface area (Å²) in [5.41, 5.74) is 0.595. The highest BCUT2D eigenvalue weighted by molar-refractivity contribution is 9.09. The Morgan fingerprint density at radius 1 is 1.25 bits per heavy atom. The van der Waals surface area contributed by atoms with Gasteiger partial charge in [0.1, 0.15) is 11.1 Å². The summed E-state index contributed by atoms with van der Waals surface area (Å²) in [6, 6.07) is 9.13. The second kappa shape index (κ2) is 6.72. The zero-order valence-electron chi connectivity index (χ0n) is 12.1. The lowest BCUT2D eigenvalue weighted by molar-refractivity contribution is -0.133. The zero-order chi connectivity index (χ0) is 14.7. The van der Waals surface area contributed by atoms with Crippen molar-refractivity contribution in [3.05, 3.63) is 35.9 Å². The van der Waals surface area contributed by atoms with Gasteiger partial charge in [0.2, 0.25) is 0 Å². The Morgan fingerprint density at radius 3 is 2.50 bits per heavy atom. The molecule has 20 heavy (non-hydrogen) atoms. The fourth-order valence-corrected chi connectivity index (χ4v) is 3.28. The molecule has 1 heterocycles. The van der Waals surface area contributed by atoms with Crippen molar-refractivity contribution in [2.75, 3.05) is 0 Å². The number of rotatable bonds is 3. The molecule has 1 aliphatic rings. The van der Waals surface area contributed by atoms with Crippen molar-refractivity contribution in [2.24, 2.45) is 11.8 Å². The Labute approximate surface area is 128 Å². The van der Waals surface area contributed by atoms with E-state index in [1.807, 2.05) is 25.1 Å². The topological polar surface area (TPSA) is 35.5 Å². The van der Waals surface area contributed by atoms with E-state index < -0.39 is 0 Å². The molecule has 3 nitrogen and oxygen atoms in total. The predicted molar refractivity (Wildman–Crippen MR) is 81.9 cm³/mol. The lowest BCUT2D eigenvalue weighted by Gasteiger charge is -2.42. The van der Waals surface area contributed by atoms with E-state index in [4.69, 9.17) is 9.47 Å². The van der Waals surface area contributed by atoms with Gasteiger partial charge < -0.3 is 9.47 Å². The maximum Gasteiger partial charge on any atom is 0.338 e. The van der Waals surface area contributed by atoms with Crippen LogP contribution in [0, 0.1) is 11.8 Å². The van der Waals surface area contributed by atoms with Gasteiger partial charge in [-0.25, -0.2) is 4.79 Å². The summed E-state index contributed by atoms with van der Waals surface area (Å²) in [6.45, 7) is 6.23. The fourth-order valence-electron chi connectivity index (χ4n) is 2.70. The van der Waals surface area contributed by atoms with Crippen LogP contribution in [-0.2, 0) is 9.47 Å². The fraction of sp³-hybridized carbons (Fsp3) is 0.562. The zero-order valence-corrected chi connectivity index (χ0v) is 13.7. The van der Waals surface area contributed by atoms with E-state index in [2.05, 4.69) is 29.8 Å². The molecule has 0 N–H and O–H groups in total. The molecule has 2 rings (SSSR count). The van der Waals surface area contributed by atoms with E-state index in [1.54, 1.807) is 12.1 Å². The molecule has 0 radical (unpaired) electrons. The maximum atomic E-state index is 12.2. The van der Waals surface area contributed by atoms with Crippen LogP contribution in [-0.4, -0.2) is 23.2 Å². The Balaban J connectivity index is 2.11. The minimum absolute atomic E-state index is 0.0720. The third-order valence-electron chi connectivity index (χ3n) is 4.00. The van der Waals surface area contributed by atoms with Crippen LogP contribution in [0.4, 0.5) is 0 Å². The standard InChI is InChI=1S/C16H21BrO3/c1-4-13-10(2)14(11(3)15(17)19-13)20-16(18)12-8-6-5-7-9-12/h5-11,13-15H,4H2,1-3H3/t10-,11-,13-,14+,15+/m1/s1. The first-order valence-electron chi connectivity index (χ1n) is 7.10. The highest BCUT2D eigenvalue weighted by Gasteiger charge is 2.42. The summed E-state index contributed by atoms with van der Waals surface area (Å²) in [5, 5.41) is -0.0720. The highest BCUT2D eigenvalue weighted by atomic mass is 79.9. The van der Waals surface area contributed by atoms with E-state index in [1.165, 1.54) is 0 Å². The molecule has 1 aromatic rings. The van der Waals surface area contributed by atoms with Crippen LogP contribution in [0.2, 0.25) is 0 Å². The van der Waals surface area contributed by atoms with Crippen molar-refractivity contribution < 1.29 is 14.3 Å². The number of carbonyl (C=O) groups excluding carboxylic acids is 1. The molecule has 0 unspecified atom stereocenters. The molecule has 1 fully saturated rings. The minimum Gasteiger partial charge on any atom is -0.458 e. The third kappa shape index (κ3) is 3.23. The minimum atomic E-state index is -0.259. The van der Waals surface area contributed by atoms with Crippen LogP contribution in [0.25, 0.3) is 0 Å². The third-order valence-corrected chi connectivity index (χ3v) is 5.05. The smallest absolute Gasteiger partial charge is 0.338 e. The second-order valence-electron chi connectivity index (χ2n) is 5.39. The van der Waals surface area contributed by atoms with Crippen LogP contribution in [0.15, 0.2) is 30.3 Å². The summed E-state index contributed by atoms with van der Waals surface area (Å²) < 4.78 is 11.7. The number of hydrogen-bond acceptors (Lipinski definition) is 3. The Bertz CT molecular complexity index is 448. The number of alkyl halides is 1. The van der Waals surface area contributed by atoms with Crippen molar-refractivity contribution >= 4 is 21.9 Å². The van der Waals surface area contributed by atoms with Crippen molar-refractivity contribution in [2.45, 2.75) is 44.4 Å². The molecule has 110 valence electrons. The van der Waals surface area contributed by atoms with Crippen molar-refractivity contribution in [1.29, 1.82) is 0 Å². The molecular formula is C16H21BrO3. The van der Waals surface area contributed by atoms with Crippen molar-refractivity contribution in [1.82, 2.24) is 0 Å². The van der Waals surface area contributed by atoms with Gasteiger partial charge in [0.05, 0.1) is 11.7 Å². The average Bonchev–Trinajstić information content (AvgIpc) is 2.48. The van der Waals surface area contributed by atoms with Crippen LogP contribution in [0.5, 0.6) is 0 Å². The Kier molecular flexibility index (Phi) is 5.22. The van der Waals surface area contributed by atoms with Gasteiger partial charge in [-0.15, -0.1) is 0 Å². The van der Waals surface area contributed by atoms with Crippen LogP contribution in [0.3, 0.4) is 0 Å². The largest absolute Gasteiger partial charge is 0.458 e. The maximum absolute atomic E-state index is 12.2.